The normalized spacial score (nSPS) is 13.5. The van der Waals surface area contributed by atoms with Crippen LogP contribution in [0.4, 0.5) is 0 Å². The van der Waals surface area contributed by atoms with Gasteiger partial charge < -0.3 is 0 Å². The summed E-state index contributed by atoms with van der Waals surface area (Å²) in [7, 11) is 2.21. The van der Waals surface area contributed by atoms with Gasteiger partial charge in [0.2, 0.25) is 5.69 Å². The molecule has 1 aromatic heterocycles. The fourth-order valence-corrected chi connectivity index (χ4v) is 8.39. The fourth-order valence-electron chi connectivity index (χ4n) is 7.02. The van der Waals surface area contributed by atoms with Gasteiger partial charge in [0.1, 0.15) is 7.05 Å². The Labute approximate surface area is 262 Å². The molecule has 3 heteroatoms. The van der Waals surface area contributed by atoms with Gasteiger partial charge in [-0.05, 0) is 101 Å². The van der Waals surface area contributed by atoms with E-state index in [1.54, 1.807) is 0 Å². The third kappa shape index (κ3) is 5.44. The van der Waals surface area contributed by atoms with Crippen molar-refractivity contribution in [1.29, 1.82) is 5.26 Å². The maximum absolute atomic E-state index is 9.69. The number of nitrogens with zero attached hydrogens (tertiary/aromatic N) is 2. The van der Waals surface area contributed by atoms with Gasteiger partial charge >= 0.3 is 0 Å². The van der Waals surface area contributed by atoms with E-state index in [0.717, 1.165) is 19.3 Å². The van der Waals surface area contributed by atoms with Gasteiger partial charge in [-0.15, -0.1) is 0 Å². The number of benzene rings is 4. The van der Waals surface area contributed by atoms with E-state index < -0.39 is 5.41 Å². The van der Waals surface area contributed by atoms with E-state index in [4.69, 9.17) is 0 Å². The third-order valence-corrected chi connectivity index (χ3v) is 9.99. The standard InChI is InChI=1S/C40H45N2S/c1-24-30-17-25(20-38(2,3)4)12-14-28(30)32(22-39(5,6)7)37-34(24)36-35-29(15-16-42(36)10)31-18-26(21-40(8,9)23-41)11-13-27(31)19-33(35)43-37/h11-19H,20-22H2,1-10H3/q+1. The zero-order chi connectivity index (χ0) is 31.1. The Bertz CT molecular complexity index is 1990. The maximum atomic E-state index is 9.69. The van der Waals surface area contributed by atoms with Crippen molar-refractivity contribution < 1.29 is 4.57 Å². The Morgan fingerprint density at radius 2 is 1.40 bits per heavy atom. The van der Waals surface area contributed by atoms with Gasteiger partial charge in [-0.25, -0.2) is 4.57 Å². The second-order valence-corrected chi connectivity index (χ2v) is 17.0. The third-order valence-electron chi connectivity index (χ3n) is 8.79. The summed E-state index contributed by atoms with van der Waals surface area (Å²) in [6.07, 6.45) is 5.08. The molecular formula is C40H45N2S+. The molecule has 0 radical (unpaired) electrons. The molecule has 0 N–H and O–H groups in total. The molecule has 43 heavy (non-hydrogen) atoms. The summed E-state index contributed by atoms with van der Waals surface area (Å²) in [6, 6.07) is 21.2. The van der Waals surface area contributed by atoms with E-state index in [0.29, 0.717) is 0 Å². The Morgan fingerprint density at radius 1 is 0.744 bits per heavy atom. The molecule has 0 unspecified atom stereocenters. The lowest BCUT2D eigenvalue weighted by Gasteiger charge is -2.28. The van der Waals surface area contributed by atoms with Gasteiger partial charge in [0.25, 0.3) is 0 Å². The minimum Gasteiger partial charge on any atom is -0.200 e. The lowest BCUT2D eigenvalue weighted by molar-refractivity contribution is -0.659. The van der Waals surface area contributed by atoms with Crippen molar-refractivity contribution in [3.63, 3.8) is 0 Å². The molecule has 4 aromatic carbocycles. The Balaban J connectivity index is 1.68. The molecule has 220 valence electrons. The van der Waals surface area contributed by atoms with Crippen molar-refractivity contribution in [2.45, 2.75) is 91.4 Å². The average Bonchev–Trinajstić information content (AvgIpc) is 2.90. The highest BCUT2D eigenvalue weighted by molar-refractivity contribution is 8.00. The number of hydrogen-bond donors (Lipinski definition) is 0. The number of pyridine rings is 1. The van der Waals surface area contributed by atoms with Crippen LogP contribution in [-0.4, -0.2) is 0 Å². The minimum absolute atomic E-state index is 0.159. The van der Waals surface area contributed by atoms with E-state index in [1.807, 2.05) is 25.6 Å². The topological polar surface area (TPSA) is 27.7 Å². The molecule has 2 heterocycles. The van der Waals surface area contributed by atoms with Crippen LogP contribution < -0.4 is 4.57 Å². The van der Waals surface area contributed by atoms with Crippen LogP contribution in [0.15, 0.2) is 64.5 Å². The second-order valence-electron chi connectivity index (χ2n) is 15.9. The Morgan fingerprint density at radius 3 is 2.07 bits per heavy atom. The summed E-state index contributed by atoms with van der Waals surface area (Å²) < 4.78 is 2.34. The van der Waals surface area contributed by atoms with Crippen LogP contribution in [0.5, 0.6) is 0 Å². The molecule has 1 aliphatic rings. The van der Waals surface area contributed by atoms with Crippen molar-refractivity contribution in [1.82, 2.24) is 0 Å². The molecule has 0 atom stereocenters. The summed E-state index contributed by atoms with van der Waals surface area (Å²) >= 11 is 1.97. The van der Waals surface area contributed by atoms with Crippen LogP contribution in [0.25, 0.3) is 43.6 Å². The highest BCUT2D eigenvalue weighted by Gasteiger charge is 2.33. The molecule has 0 saturated carbocycles. The van der Waals surface area contributed by atoms with Gasteiger partial charge in [0.05, 0.1) is 22.4 Å². The average molecular weight is 586 g/mol. The van der Waals surface area contributed by atoms with Crippen molar-refractivity contribution in [3.05, 3.63) is 77.0 Å². The first-order valence-electron chi connectivity index (χ1n) is 15.6. The molecule has 0 spiro atoms. The molecule has 0 amide bonds. The number of aryl methyl sites for hydroxylation is 2. The van der Waals surface area contributed by atoms with E-state index in [-0.39, 0.29) is 10.8 Å². The molecule has 0 saturated heterocycles. The van der Waals surface area contributed by atoms with Crippen molar-refractivity contribution >= 4 is 44.1 Å². The highest BCUT2D eigenvalue weighted by Crippen LogP contribution is 2.53. The van der Waals surface area contributed by atoms with Crippen molar-refractivity contribution in [2.75, 3.05) is 0 Å². The summed E-state index contributed by atoms with van der Waals surface area (Å²) in [6.45, 7) is 20.5. The minimum atomic E-state index is -0.394. The van der Waals surface area contributed by atoms with E-state index in [9.17, 15) is 5.26 Å². The summed E-state index contributed by atoms with van der Waals surface area (Å²) in [4.78, 5) is 2.76. The van der Waals surface area contributed by atoms with E-state index in [2.05, 4.69) is 121 Å². The van der Waals surface area contributed by atoms with Crippen LogP contribution in [0.2, 0.25) is 0 Å². The monoisotopic (exact) mass is 585 g/mol. The quantitative estimate of drug-likeness (QED) is 0.152. The lowest BCUT2D eigenvalue weighted by Crippen LogP contribution is -2.32. The van der Waals surface area contributed by atoms with Gasteiger partial charge in [0, 0.05) is 21.2 Å². The zero-order valence-electron chi connectivity index (χ0n) is 27.6. The van der Waals surface area contributed by atoms with E-state index >= 15 is 0 Å². The molecule has 0 bridgehead atoms. The number of nitriles is 1. The van der Waals surface area contributed by atoms with Crippen molar-refractivity contribution in [3.8, 4) is 17.3 Å². The maximum Gasteiger partial charge on any atom is 0.222 e. The fraction of sp³-hybridized carbons (Fsp3) is 0.400. The van der Waals surface area contributed by atoms with Crippen LogP contribution in [0.3, 0.4) is 0 Å². The number of hydrogen-bond acceptors (Lipinski definition) is 2. The number of fused-ring (bicyclic) bond motifs is 5. The first kappa shape index (κ1) is 29.7. The number of rotatable bonds is 4. The SMILES string of the molecule is Cc1c2c(c(CC(C)(C)C)c3ccc(CC(C)(C)C)cc13)Sc1cc3ccc(CC(C)(C)C#N)cc3c3cc[n+](C)c-2c13. The predicted molar refractivity (Wildman–Crippen MR) is 184 cm³/mol. The van der Waals surface area contributed by atoms with Gasteiger partial charge in [0.15, 0.2) is 6.20 Å². The zero-order valence-corrected chi connectivity index (χ0v) is 28.4. The largest absolute Gasteiger partial charge is 0.222 e. The molecule has 0 fully saturated rings. The van der Waals surface area contributed by atoms with Gasteiger partial charge in [-0.3, -0.25) is 0 Å². The van der Waals surface area contributed by atoms with Crippen molar-refractivity contribution in [2.24, 2.45) is 23.3 Å². The van der Waals surface area contributed by atoms with Gasteiger partial charge in [-0.1, -0.05) is 89.7 Å². The highest BCUT2D eigenvalue weighted by atomic mass is 32.2. The summed E-state index contributed by atoms with van der Waals surface area (Å²) in [5.41, 5.74) is 8.20. The summed E-state index contributed by atoms with van der Waals surface area (Å²) in [5.74, 6) is 0. The first-order chi connectivity index (χ1) is 20.0. The van der Waals surface area contributed by atoms with E-state index in [1.165, 1.54) is 75.6 Å². The van der Waals surface area contributed by atoms with Crippen LogP contribution in [-0.2, 0) is 26.3 Å². The second kappa shape index (κ2) is 10.1. The Hall–Kier alpha value is -3.35. The van der Waals surface area contributed by atoms with Crippen LogP contribution in [0, 0.1) is 34.5 Å². The molecule has 5 aromatic rings. The molecule has 6 rings (SSSR count). The van der Waals surface area contributed by atoms with Crippen LogP contribution >= 0.6 is 11.8 Å². The van der Waals surface area contributed by atoms with Crippen LogP contribution in [0.1, 0.15) is 77.6 Å². The smallest absolute Gasteiger partial charge is 0.200 e. The lowest BCUT2D eigenvalue weighted by atomic mass is 9.81. The molecular weight excluding hydrogens is 541 g/mol. The Kier molecular flexibility index (Phi) is 6.98. The predicted octanol–water partition coefficient (Wildman–Crippen LogP) is 10.7. The number of aromatic nitrogens is 1. The molecule has 1 aliphatic heterocycles. The first-order valence-corrected chi connectivity index (χ1v) is 16.4. The summed E-state index contributed by atoms with van der Waals surface area (Å²) in [5, 5.41) is 17.7. The molecule has 0 aliphatic carbocycles. The molecule has 2 nitrogen and oxygen atoms in total. The van der Waals surface area contributed by atoms with Gasteiger partial charge in [-0.2, -0.15) is 5.26 Å².